The lowest BCUT2D eigenvalue weighted by atomic mass is 10.1. The van der Waals surface area contributed by atoms with Gasteiger partial charge in [-0.15, -0.1) is 0 Å². The van der Waals surface area contributed by atoms with Gasteiger partial charge in [0.05, 0.1) is 17.7 Å². The minimum atomic E-state index is -4.72. The molecular formula is C19H11F4N3O2. The summed E-state index contributed by atoms with van der Waals surface area (Å²) in [6.07, 6.45) is -3.97. The Bertz CT molecular complexity index is 1050. The lowest BCUT2D eigenvalue weighted by Gasteiger charge is -2.15. The smallest absolute Gasteiger partial charge is 0.302 e. The molecular weight excluding hydrogens is 378 g/mol. The van der Waals surface area contributed by atoms with E-state index in [2.05, 4.69) is 4.98 Å². The van der Waals surface area contributed by atoms with E-state index in [1.54, 1.807) is 12.1 Å². The lowest BCUT2D eigenvalue weighted by Crippen LogP contribution is -2.30. The van der Waals surface area contributed by atoms with Crippen LogP contribution < -0.4 is 0 Å². The molecule has 0 N–H and O–H groups in total. The molecule has 1 aromatic heterocycles. The molecule has 0 unspecified atom stereocenters. The second-order valence-electron chi connectivity index (χ2n) is 6.13. The highest BCUT2D eigenvalue weighted by Crippen LogP contribution is 2.31. The molecule has 0 saturated heterocycles. The SMILES string of the molecule is O=C1c2ccccc2C(=O)N1Cc1nc(C(F)(F)F)cn1-c1ccc(F)cc1. The number of benzene rings is 2. The molecule has 5 nitrogen and oxygen atoms in total. The molecule has 1 aliphatic heterocycles. The highest BCUT2D eigenvalue weighted by molar-refractivity contribution is 6.21. The predicted octanol–water partition coefficient (Wildman–Crippen LogP) is 3.83. The van der Waals surface area contributed by atoms with Gasteiger partial charge in [0.25, 0.3) is 11.8 Å². The number of imide groups is 1. The first-order valence-electron chi connectivity index (χ1n) is 8.12. The van der Waals surface area contributed by atoms with Gasteiger partial charge < -0.3 is 4.57 Å². The van der Waals surface area contributed by atoms with Crippen LogP contribution >= 0.6 is 0 Å². The number of fused-ring (bicyclic) bond motifs is 1. The van der Waals surface area contributed by atoms with Gasteiger partial charge in [-0.05, 0) is 36.4 Å². The van der Waals surface area contributed by atoms with Crippen molar-refractivity contribution in [2.45, 2.75) is 12.7 Å². The molecule has 2 aromatic carbocycles. The van der Waals surface area contributed by atoms with Crippen LogP contribution in [0, 0.1) is 5.82 Å². The van der Waals surface area contributed by atoms with E-state index in [-0.39, 0.29) is 22.6 Å². The van der Waals surface area contributed by atoms with Gasteiger partial charge in [0, 0.05) is 11.9 Å². The van der Waals surface area contributed by atoms with Crippen molar-refractivity contribution >= 4 is 11.8 Å². The van der Waals surface area contributed by atoms with Gasteiger partial charge in [-0.2, -0.15) is 13.2 Å². The first-order chi connectivity index (χ1) is 13.3. The maximum Gasteiger partial charge on any atom is 0.434 e. The molecule has 142 valence electrons. The maximum absolute atomic E-state index is 13.2. The molecule has 9 heteroatoms. The van der Waals surface area contributed by atoms with Gasteiger partial charge in [-0.25, -0.2) is 9.37 Å². The number of nitrogens with zero attached hydrogens (tertiary/aromatic N) is 3. The van der Waals surface area contributed by atoms with Crippen LogP contribution in [0.25, 0.3) is 5.69 Å². The maximum atomic E-state index is 13.2. The van der Waals surface area contributed by atoms with Crippen molar-refractivity contribution in [2.24, 2.45) is 0 Å². The summed E-state index contributed by atoms with van der Waals surface area (Å²) in [7, 11) is 0. The third-order valence-corrected chi connectivity index (χ3v) is 4.35. The molecule has 3 aromatic rings. The molecule has 4 rings (SSSR count). The average Bonchev–Trinajstić information content (AvgIpc) is 3.19. The summed E-state index contributed by atoms with van der Waals surface area (Å²) < 4.78 is 53.7. The zero-order valence-corrected chi connectivity index (χ0v) is 14.1. The standard InChI is InChI=1S/C19H11F4N3O2/c20-11-5-7-12(8-6-11)25-9-15(19(21,22)23)24-16(25)10-26-17(27)13-3-1-2-4-14(13)18(26)28/h1-9H,10H2. The molecule has 0 spiro atoms. The quantitative estimate of drug-likeness (QED) is 0.506. The van der Waals surface area contributed by atoms with Crippen molar-refractivity contribution in [1.82, 2.24) is 14.5 Å². The van der Waals surface area contributed by atoms with Crippen LogP contribution in [0.3, 0.4) is 0 Å². The van der Waals surface area contributed by atoms with Crippen LogP contribution in [0.1, 0.15) is 32.2 Å². The summed E-state index contributed by atoms with van der Waals surface area (Å²) in [5.74, 6) is -1.94. The molecule has 0 fully saturated rings. The third-order valence-electron chi connectivity index (χ3n) is 4.35. The van der Waals surface area contributed by atoms with E-state index in [9.17, 15) is 27.2 Å². The van der Waals surface area contributed by atoms with Gasteiger partial charge >= 0.3 is 6.18 Å². The number of halogens is 4. The molecule has 28 heavy (non-hydrogen) atoms. The number of aromatic nitrogens is 2. The first-order valence-corrected chi connectivity index (χ1v) is 8.12. The Hall–Kier alpha value is -3.49. The fourth-order valence-electron chi connectivity index (χ4n) is 3.02. The Morgan fingerprint density at radius 1 is 0.893 bits per heavy atom. The van der Waals surface area contributed by atoms with Gasteiger partial charge in [-0.3, -0.25) is 14.5 Å². The van der Waals surface area contributed by atoms with E-state index < -0.39 is 36.0 Å². The van der Waals surface area contributed by atoms with Crippen LogP contribution in [0.4, 0.5) is 17.6 Å². The van der Waals surface area contributed by atoms with Gasteiger partial charge in [0.1, 0.15) is 11.6 Å². The Morgan fingerprint density at radius 2 is 1.46 bits per heavy atom. The molecule has 2 heterocycles. The zero-order chi connectivity index (χ0) is 20.1. The number of carbonyl (C=O) groups excluding carboxylic acids is 2. The topological polar surface area (TPSA) is 55.2 Å². The van der Waals surface area contributed by atoms with Crippen molar-refractivity contribution in [1.29, 1.82) is 0 Å². The number of rotatable bonds is 3. The van der Waals surface area contributed by atoms with Crippen LogP contribution in [0.2, 0.25) is 0 Å². The van der Waals surface area contributed by atoms with Gasteiger partial charge in [0.2, 0.25) is 0 Å². The first kappa shape index (κ1) is 17.9. The van der Waals surface area contributed by atoms with Crippen molar-refractivity contribution in [2.75, 3.05) is 0 Å². The molecule has 2 amide bonds. The second-order valence-corrected chi connectivity index (χ2v) is 6.13. The monoisotopic (exact) mass is 389 g/mol. The minimum absolute atomic E-state index is 0.173. The molecule has 0 bridgehead atoms. The van der Waals surface area contributed by atoms with Crippen LogP contribution in [0.15, 0.2) is 54.7 Å². The predicted molar refractivity (Wildman–Crippen MR) is 89.2 cm³/mol. The van der Waals surface area contributed by atoms with Gasteiger partial charge in [-0.1, -0.05) is 12.1 Å². The Balaban J connectivity index is 1.75. The summed E-state index contributed by atoms with van der Waals surface area (Å²) in [5.41, 5.74) is -0.591. The number of amides is 2. The number of alkyl halides is 3. The highest BCUT2D eigenvalue weighted by Gasteiger charge is 2.38. The molecule has 0 aliphatic carbocycles. The Kier molecular flexibility index (Phi) is 4.02. The van der Waals surface area contributed by atoms with Crippen molar-refractivity contribution in [3.05, 3.63) is 83.2 Å². The van der Waals surface area contributed by atoms with Crippen LogP contribution in [-0.4, -0.2) is 26.3 Å². The highest BCUT2D eigenvalue weighted by atomic mass is 19.4. The van der Waals surface area contributed by atoms with Crippen molar-refractivity contribution < 1.29 is 27.2 Å². The summed E-state index contributed by atoms with van der Waals surface area (Å²) in [5, 5.41) is 0. The fourth-order valence-corrected chi connectivity index (χ4v) is 3.02. The zero-order valence-electron chi connectivity index (χ0n) is 14.1. The van der Waals surface area contributed by atoms with Crippen molar-refractivity contribution in [3.63, 3.8) is 0 Å². The summed E-state index contributed by atoms with van der Waals surface area (Å²) in [4.78, 5) is 29.4. The van der Waals surface area contributed by atoms with Crippen LogP contribution in [0.5, 0.6) is 0 Å². The Morgan fingerprint density at radius 3 is 2.00 bits per heavy atom. The van der Waals surface area contributed by atoms with E-state index in [0.717, 1.165) is 27.8 Å². The van der Waals surface area contributed by atoms with E-state index >= 15 is 0 Å². The average molecular weight is 389 g/mol. The molecule has 1 aliphatic rings. The largest absolute Gasteiger partial charge is 0.434 e. The van der Waals surface area contributed by atoms with Crippen LogP contribution in [-0.2, 0) is 12.7 Å². The molecule has 0 saturated carbocycles. The van der Waals surface area contributed by atoms with Crippen molar-refractivity contribution in [3.8, 4) is 5.69 Å². The molecule has 0 atom stereocenters. The van der Waals surface area contributed by atoms with E-state index in [4.69, 9.17) is 0 Å². The second kappa shape index (κ2) is 6.29. The molecule has 0 radical (unpaired) electrons. The minimum Gasteiger partial charge on any atom is -0.302 e. The Labute approximate surface area is 155 Å². The normalized spacial score (nSPS) is 13.9. The number of hydrogen-bond acceptors (Lipinski definition) is 3. The summed E-state index contributed by atoms with van der Waals surface area (Å²) >= 11 is 0. The lowest BCUT2D eigenvalue weighted by molar-refractivity contribution is -0.141. The van der Waals surface area contributed by atoms with E-state index in [0.29, 0.717) is 0 Å². The third kappa shape index (κ3) is 2.94. The van der Waals surface area contributed by atoms with Gasteiger partial charge in [0.15, 0.2) is 5.69 Å². The summed E-state index contributed by atoms with van der Waals surface area (Å²) in [6, 6.07) is 10.9. The van der Waals surface area contributed by atoms with E-state index in [1.807, 2.05) is 0 Å². The number of hydrogen-bond donors (Lipinski definition) is 0. The number of carbonyl (C=O) groups is 2. The summed E-state index contributed by atoms with van der Waals surface area (Å²) in [6.45, 7) is -0.459. The number of imidazole rings is 1. The van der Waals surface area contributed by atoms with E-state index in [1.165, 1.54) is 24.3 Å². The fraction of sp³-hybridized carbons (Fsp3) is 0.105.